The molecule has 3 heteroatoms. The molecule has 0 bridgehead atoms. The predicted molar refractivity (Wildman–Crippen MR) is 43.3 cm³/mol. The van der Waals surface area contributed by atoms with Crippen molar-refractivity contribution >= 4 is 0 Å². The van der Waals surface area contributed by atoms with Crippen molar-refractivity contribution in [1.82, 2.24) is 4.98 Å². The molecule has 0 aliphatic rings. The van der Waals surface area contributed by atoms with Crippen LogP contribution in [0.25, 0.3) is 0 Å². The molecule has 58 valence electrons. The molecule has 0 saturated heterocycles. The number of terminal acetylenes is 1. The van der Waals surface area contributed by atoms with Gasteiger partial charge >= 0.3 is 0 Å². The summed E-state index contributed by atoms with van der Waals surface area (Å²) in [7, 11) is 0. The summed E-state index contributed by atoms with van der Waals surface area (Å²) >= 11 is 0. The van der Waals surface area contributed by atoms with E-state index in [1.807, 2.05) is 6.07 Å². The van der Waals surface area contributed by atoms with Gasteiger partial charge in [0, 0.05) is 12.4 Å². The van der Waals surface area contributed by atoms with E-state index in [9.17, 15) is 0 Å². The fraction of sp³-hybridized carbons (Fsp3) is 0.111. The zero-order valence-corrected chi connectivity index (χ0v) is 6.32. The van der Waals surface area contributed by atoms with Gasteiger partial charge in [0.2, 0.25) is 0 Å². The van der Waals surface area contributed by atoms with Crippen LogP contribution in [0.4, 0.5) is 0 Å². The lowest BCUT2D eigenvalue weighted by Crippen LogP contribution is -1.95. The third-order valence-corrected chi connectivity index (χ3v) is 1.21. The highest BCUT2D eigenvalue weighted by Crippen LogP contribution is 2.14. The van der Waals surface area contributed by atoms with E-state index in [1.165, 1.54) is 6.20 Å². The maximum atomic E-state index is 8.60. The number of nitriles is 1. The first-order valence-corrected chi connectivity index (χ1v) is 3.29. The zero-order valence-electron chi connectivity index (χ0n) is 6.32. The molecule has 1 aromatic heterocycles. The van der Waals surface area contributed by atoms with Crippen LogP contribution in [0.5, 0.6) is 5.75 Å². The van der Waals surface area contributed by atoms with Crippen molar-refractivity contribution in [3.63, 3.8) is 0 Å². The molecule has 0 amide bonds. The van der Waals surface area contributed by atoms with Crippen molar-refractivity contribution in [2.45, 2.75) is 0 Å². The summed E-state index contributed by atoms with van der Waals surface area (Å²) in [6.07, 6.45) is 7.98. The maximum absolute atomic E-state index is 8.60. The van der Waals surface area contributed by atoms with E-state index in [0.717, 1.165) is 0 Å². The van der Waals surface area contributed by atoms with Gasteiger partial charge in [-0.15, -0.1) is 6.42 Å². The van der Waals surface area contributed by atoms with E-state index in [-0.39, 0.29) is 6.61 Å². The lowest BCUT2D eigenvalue weighted by atomic mass is 10.3. The number of pyridine rings is 1. The van der Waals surface area contributed by atoms with Crippen LogP contribution < -0.4 is 4.74 Å². The highest BCUT2D eigenvalue weighted by molar-refractivity contribution is 5.40. The van der Waals surface area contributed by atoms with Crippen molar-refractivity contribution < 1.29 is 4.74 Å². The van der Waals surface area contributed by atoms with Crippen molar-refractivity contribution in [3.8, 4) is 24.2 Å². The van der Waals surface area contributed by atoms with Gasteiger partial charge in [-0.3, -0.25) is 4.98 Å². The van der Waals surface area contributed by atoms with E-state index in [0.29, 0.717) is 11.3 Å². The number of rotatable bonds is 2. The lowest BCUT2D eigenvalue weighted by molar-refractivity contribution is 0.369. The van der Waals surface area contributed by atoms with Crippen molar-refractivity contribution in [2.75, 3.05) is 6.61 Å². The molecule has 0 N–H and O–H groups in total. The monoisotopic (exact) mass is 158 g/mol. The molecule has 0 atom stereocenters. The molecule has 0 radical (unpaired) electrons. The van der Waals surface area contributed by atoms with E-state index in [2.05, 4.69) is 10.9 Å². The topological polar surface area (TPSA) is 45.9 Å². The molecule has 1 heterocycles. The fourth-order valence-electron chi connectivity index (χ4n) is 0.711. The molecule has 0 fully saturated rings. The molecular formula is C9H6N2O. The highest BCUT2D eigenvalue weighted by Gasteiger charge is 1.99. The minimum absolute atomic E-state index is 0.165. The first-order chi connectivity index (χ1) is 5.88. The number of aromatic nitrogens is 1. The number of ether oxygens (including phenoxy) is 1. The average Bonchev–Trinajstić information content (AvgIpc) is 2.15. The van der Waals surface area contributed by atoms with E-state index in [4.69, 9.17) is 16.4 Å². The Morgan fingerprint density at radius 1 is 1.67 bits per heavy atom. The zero-order chi connectivity index (χ0) is 8.81. The van der Waals surface area contributed by atoms with Gasteiger partial charge in [0.05, 0.1) is 0 Å². The summed E-state index contributed by atoms with van der Waals surface area (Å²) in [6.45, 7) is 0.165. The highest BCUT2D eigenvalue weighted by atomic mass is 16.5. The molecular weight excluding hydrogens is 152 g/mol. The Balaban J connectivity index is 2.86. The van der Waals surface area contributed by atoms with Gasteiger partial charge in [0.25, 0.3) is 0 Å². The van der Waals surface area contributed by atoms with Gasteiger partial charge in [0.15, 0.2) is 0 Å². The van der Waals surface area contributed by atoms with Crippen LogP contribution in [0.15, 0.2) is 18.5 Å². The molecule has 12 heavy (non-hydrogen) atoms. The summed E-state index contributed by atoms with van der Waals surface area (Å²) in [6, 6.07) is 3.56. The Morgan fingerprint density at radius 2 is 2.50 bits per heavy atom. The van der Waals surface area contributed by atoms with Crippen LogP contribution in [-0.2, 0) is 0 Å². The lowest BCUT2D eigenvalue weighted by Gasteiger charge is -2.01. The first kappa shape index (κ1) is 8.10. The molecule has 0 spiro atoms. The maximum Gasteiger partial charge on any atom is 0.148 e. The molecule has 1 rings (SSSR count). The standard InChI is InChI=1S/C9H6N2O/c1-2-5-12-9-3-4-11-7-8(9)6-10/h1,3-4,7H,5H2. The molecule has 3 nitrogen and oxygen atoms in total. The predicted octanol–water partition coefficient (Wildman–Crippen LogP) is 0.965. The van der Waals surface area contributed by atoms with Crippen molar-refractivity contribution in [2.24, 2.45) is 0 Å². The second-order valence-electron chi connectivity index (χ2n) is 1.98. The number of nitrogens with zero attached hydrogens (tertiary/aromatic N) is 2. The van der Waals surface area contributed by atoms with Crippen LogP contribution in [0.3, 0.4) is 0 Å². The minimum Gasteiger partial charge on any atom is -0.479 e. The van der Waals surface area contributed by atoms with Gasteiger partial charge in [-0.05, 0) is 6.07 Å². The van der Waals surface area contributed by atoms with Crippen LogP contribution in [-0.4, -0.2) is 11.6 Å². The normalized spacial score (nSPS) is 8.17. The second kappa shape index (κ2) is 4.00. The van der Waals surface area contributed by atoms with E-state index < -0.39 is 0 Å². The summed E-state index contributed by atoms with van der Waals surface area (Å²) in [5, 5.41) is 8.60. The van der Waals surface area contributed by atoms with Gasteiger partial charge < -0.3 is 4.74 Å². The van der Waals surface area contributed by atoms with Gasteiger partial charge in [0.1, 0.15) is 24.0 Å². The molecule has 0 aliphatic heterocycles. The molecule has 1 aromatic rings. The Kier molecular flexibility index (Phi) is 2.70. The quantitative estimate of drug-likeness (QED) is 0.602. The van der Waals surface area contributed by atoms with E-state index in [1.54, 1.807) is 12.3 Å². The number of hydrogen-bond donors (Lipinski definition) is 0. The Bertz CT molecular complexity index is 346. The fourth-order valence-corrected chi connectivity index (χ4v) is 0.711. The largest absolute Gasteiger partial charge is 0.479 e. The van der Waals surface area contributed by atoms with Crippen LogP contribution >= 0.6 is 0 Å². The minimum atomic E-state index is 0.165. The van der Waals surface area contributed by atoms with Crippen molar-refractivity contribution in [1.29, 1.82) is 5.26 Å². The number of hydrogen-bond acceptors (Lipinski definition) is 3. The Labute approximate surface area is 70.6 Å². The SMILES string of the molecule is C#CCOc1ccncc1C#N. The first-order valence-electron chi connectivity index (χ1n) is 3.29. The smallest absolute Gasteiger partial charge is 0.148 e. The third kappa shape index (κ3) is 1.74. The molecule has 0 aliphatic carbocycles. The summed E-state index contributed by atoms with van der Waals surface area (Å²) in [5.41, 5.74) is 0.396. The summed E-state index contributed by atoms with van der Waals surface area (Å²) < 4.78 is 5.08. The van der Waals surface area contributed by atoms with Gasteiger partial charge in [-0.1, -0.05) is 5.92 Å². The van der Waals surface area contributed by atoms with E-state index >= 15 is 0 Å². The molecule has 0 saturated carbocycles. The van der Waals surface area contributed by atoms with Crippen LogP contribution in [0, 0.1) is 23.7 Å². The Morgan fingerprint density at radius 3 is 3.17 bits per heavy atom. The molecule has 0 unspecified atom stereocenters. The van der Waals surface area contributed by atoms with Crippen molar-refractivity contribution in [3.05, 3.63) is 24.0 Å². The van der Waals surface area contributed by atoms with Crippen LogP contribution in [0.1, 0.15) is 5.56 Å². The average molecular weight is 158 g/mol. The summed E-state index contributed by atoms with van der Waals surface area (Å²) in [5.74, 6) is 2.79. The second-order valence-corrected chi connectivity index (χ2v) is 1.98. The third-order valence-electron chi connectivity index (χ3n) is 1.21. The summed E-state index contributed by atoms with van der Waals surface area (Å²) in [4.78, 5) is 3.77. The molecule has 0 aromatic carbocycles. The van der Waals surface area contributed by atoms with Crippen LogP contribution in [0.2, 0.25) is 0 Å². The van der Waals surface area contributed by atoms with Gasteiger partial charge in [-0.2, -0.15) is 5.26 Å². The Hall–Kier alpha value is -2.00. The van der Waals surface area contributed by atoms with Gasteiger partial charge in [-0.25, -0.2) is 0 Å².